The Labute approximate surface area is 157 Å². The second-order valence-corrected chi connectivity index (χ2v) is 9.79. The molecule has 0 amide bonds. The van der Waals surface area contributed by atoms with Crippen molar-refractivity contribution < 1.29 is 4.57 Å². The Hall–Kier alpha value is -1.83. The molecule has 0 saturated heterocycles. The largest absolute Gasteiger partial charge is 0.375 e. The number of anilines is 1. The predicted octanol–water partition coefficient (Wildman–Crippen LogP) is 5.61. The van der Waals surface area contributed by atoms with Crippen LogP contribution >= 0.6 is 23.1 Å². The van der Waals surface area contributed by atoms with Gasteiger partial charge in [-0.1, -0.05) is 83.5 Å². The van der Waals surface area contributed by atoms with Gasteiger partial charge in [0.1, 0.15) is 0 Å². The van der Waals surface area contributed by atoms with Crippen LogP contribution in [0.5, 0.6) is 0 Å². The molecule has 1 N–H and O–H groups in total. The topological polar surface area (TPSA) is 29.1 Å². The van der Waals surface area contributed by atoms with Crippen LogP contribution in [0.3, 0.4) is 0 Å². The molecule has 0 aliphatic heterocycles. The molecule has 4 heteroatoms. The molecule has 1 atom stereocenters. The lowest BCUT2D eigenvalue weighted by molar-refractivity contribution is 0.578. The highest BCUT2D eigenvalue weighted by molar-refractivity contribution is 9.10. The lowest BCUT2D eigenvalue weighted by atomic mass is 10.3. The number of rotatable bonds is 6. The third-order valence-electron chi connectivity index (χ3n) is 4.28. The molecule has 0 fully saturated rings. The summed E-state index contributed by atoms with van der Waals surface area (Å²) in [4.78, 5) is 0. The molecule has 0 saturated carbocycles. The molecule has 0 aliphatic rings. The van der Waals surface area contributed by atoms with Gasteiger partial charge >= 0.3 is 0 Å². The Balaban J connectivity index is 2.06. The molecule has 2 nitrogen and oxygen atoms in total. The Morgan fingerprint density at radius 1 is 0.840 bits per heavy atom. The number of nitrogens with one attached hydrogen (secondary N) is 1. The van der Waals surface area contributed by atoms with E-state index < -0.39 is 7.14 Å². The third kappa shape index (κ3) is 3.89. The van der Waals surface area contributed by atoms with Gasteiger partial charge in [-0.25, -0.2) is 0 Å². The van der Waals surface area contributed by atoms with E-state index in [2.05, 4.69) is 28.2 Å². The van der Waals surface area contributed by atoms with Gasteiger partial charge in [-0.2, -0.15) is 0 Å². The van der Waals surface area contributed by atoms with Crippen LogP contribution in [0, 0.1) is 0 Å². The molecule has 0 spiro atoms. The van der Waals surface area contributed by atoms with Gasteiger partial charge in [-0.05, 0) is 30.7 Å². The standard InChI is InChI=1S/C21H21BrNOP/c1-2-21(23-18-15-13-17(22)14-16-18)25(24,19-9-5-3-6-10-19)20-11-7-4-8-12-20/h3-16,21,23H,2H2,1H3. The first-order valence-electron chi connectivity index (χ1n) is 8.37. The smallest absolute Gasteiger partial charge is 0.164 e. The van der Waals surface area contributed by atoms with Crippen molar-refractivity contribution in [2.24, 2.45) is 0 Å². The van der Waals surface area contributed by atoms with Crippen LogP contribution in [0.1, 0.15) is 13.3 Å². The van der Waals surface area contributed by atoms with Crippen molar-refractivity contribution in [2.75, 3.05) is 5.32 Å². The molecule has 3 aromatic carbocycles. The van der Waals surface area contributed by atoms with Crippen molar-refractivity contribution in [3.05, 3.63) is 89.4 Å². The van der Waals surface area contributed by atoms with Crippen molar-refractivity contribution in [1.29, 1.82) is 0 Å². The van der Waals surface area contributed by atoms with E-state index in [1.807, 2.05) is 84.9 Å². The van der Waals surface area contributed by atoms with E-state index >= 15 is 0 Å². The highest BCUT2D eigenvalue weighted by Gasteiger charge is 2.35. The maximum atomic E-state index is 14.3. The minimum Gasteiger partial charge on any atom is -0.375 e. The number of halogens is 1. The zero-order valence-corrected chi connectivity index (χ0v) is 16.6. The van der Waals surface area contributed by atoms with E-state index in [0.29, 0.717) is 0 Å². The molecule has 0 bridgehead atoms. The zero-order chi connectivity index (χ0) is 17.7. The number of hydrogen-bond donors (Lipinski definition) is 1. The van der Waals surface area contributed by atoms with Crippen molar-refractivity contribution in [2.45, 2.75) is 19.1 Å². The Kier molecular flexibility index (Phi) is 5.78. The molecule has 3 aromatic rings. The number of hydrogen-bond acceptors (Lipinski definition) is 2. The fraction of sp³-hybridized carbons (Fsp3) is 0.143. The summed E-state index contributed by atoms with van der Waals surface area (Å²) in [7, 11) is -2.83. The van der Waals surface area contributed by atoms with Crippen molar-refractivity contribution in [1.82, 2.24) is 0 Å². The van der Waals surface area contributed by atoms with Crippen LogP contribution in [0.4, 0.5) is 5.69 Å². The summed E-state index contributed by atoms with van der Waals surface area (Å²) in [6.07, 6.45) is 0.761. The maximum absolute atomic E-state index is 14.3. The van der Waals surface area contributed by atoms with Crippen LogP contribution in [-0.2, 0) is 4.57 Å². The SMILES string of the molecule is CCC(Nc1ccc(Br)cc1)P(=O)(c1ccccc1)c1ccccc1. The predicted molar refractivity (Wildman–Crippen MR) is 112 cm³/mol. The lowest BCUT2D eigenvalue weighted by Gasteiger charge is -2.29. The fourth-order valence-electron chi connectivity index (χ4n) is 3.00. The average molecular weight is 414 g/mol. The molecule has 3 rings (SSSR count). The molecule has 1 unspecified atom stereocenters. The highest BCUT2D eigenvalue weighted by Crippen LogP contribution is 2.49. The Morgan fingerprint density at radius 2 is 1.32 bits per heavy atom. The number of benzene rings is 3. The molecule has 0 aromatic heterocycles. The first-order chi connectivity index (χ1) is 12.1. The lowest BCUT2D eigenvalue weighted by Crippen LogP contribution is -2.30. The zero-order valence-electron chi connectivity index (χ0n) is 14.1. The quantitative estimate of drug-likeness (QED) is 0.532. The van der Waals surface area contributed by atoms with Crippen LogP contribution in [0.2, 0.25) is 0 Å². The second kappa shape index (κ2) is 8.03. The monoisotopic (exact) mass is 413 g/mol. The van der Waals surface area contributed by atoms with Gasteiger partial charge in [0.15, 0.2) is 7.14 Å². The average Bonchev–Trinajstić information content (AvgIpc) is 2.68. The van der Waals surface area contributed by atoms with Gasteiger partial charge in [-0.15, -0.1) is 0 Å². The van der Waals surface area contributed by atoms with Crippen LogP contribution < -0.4 is 15.9 Å². The minimum atomic E-state index is -2.83. The first-order valence-corrected chi connectivity index (χ1v) is 10.9. The molecule has 0 heterocycles. The molecule has 128 valence electrons. The molecular formula is C21H21BrNOP. The fourth-order valence-corrected chi connectivity index (χ4v) is 6.35. The third-order valence-corrected chi connectivity index (χ3v) is 8.31. The molecule has 0 aliphatic carbocycles. The Bertz CT molecular complexity index is 807. The summed E-state index contributed by atoms with van der Waals surface area (Å²) < 4.78 is 15.4. The van der Waals surface area contributed by atoms with Gasteiger partial charge < -0.3 is 9.88 Å². The van der Waals surface area contributed by atoms with E-state index in [-0.39, 0.29) is 5.78 Å². The second-order valence-electron chi connectivity index (χ2n) is 5.90. The van der Waals surface area contributed by atoms with E-state index in [1.165, 1.54) is 0 Å². The van der Waals surface area contributed by atoms with Crippen molar-refractivity contribution >= 4 is 39.4 Å². The van der Waals surface area contributed by atoms with Gasteiger partial charge in [0.25, 0.3) is 0 Å². The van der Waals surface area contributed by atoms with Crippen molar-refractivity contribution in [3.63, 3.8) is 0 Å². The first kappa shape index (κ1) is 18.0. The van der Waals surface area contributed by atoms with Crippen LogP contribution in [0.15, 0.2) is 89.4 Å². The van der Waals surface area contributed by atoms with E-state index in [9.17, 15) is 4.57 Å². The molecule has 0 radical (unpaired) electrons. The summed E-state index contributed by atoms with van der Waals surface area (Å²) in [6.45, 7) is 2.08. The van der Waals surface area contributed by atoms with Crippen LogP contribution in [-0.4, -0.2) is 5.78 Å². The van der Waals surface area contributed by atoms with Gasteiger partial charge in [-0.3, -0.25) is 0 Å². The van der Waals surface area contributed by atoms with E-state index in [4.69, 9.17) is 0 Å². The molecule has 25 heavy (non-hydrogen) atoms. The molecular weight excluding hydrogens is 393 g/mol. The minimum absolute atomic E-state index is 0.168. The van der Waals surface area contributed by atoms with E-state index in [0.717, 1.165) is 27.2 Å². The Morgan fingerprint density at radius 3 is 1.76 bits per heavy atom. The maximum Gasteiger partial charge on any atom is 0.164 e. The van der Waals surface area contributed by atoms with Crippen molar-refractivity contribution in [3.8, 4) is 0 Å². The summed E-state index contributed by atoms with van der Waals surface area (Å²) in [6, 6.07) is 27.6. The normalized spacial score (nSPS) is 12.6. The van der Waals surface area contributed by atoms with Gasteiger partial charge in [0.2, 0.25) is 0 Å². The van der Waals surface area contributed by atoms with Crippen LogP contribution in [0.25, 0.3) is 0 Å². The highest BCUT2D eigenvalue weighted by atomic mass is 79.9. The van der Waals surface area contributed by atoms with E-state index in [1.54, 1.807) is 0 Å². The van der Waals surface area contributed by atoms with Gasteiger partial charge in [0.05, 0.1) is 5.78 Å². The van der Waals surface area contributed by atoms with Gasteiger partial charge in [0, 0.05) is 20.8 Å². The summed E-state index contributed by atoms with van der Waals surface area (Å²) >= 11 is 3.46. The summed E-state index contributed by atoms with van der Waals surface area (Å²) in [5, 5.41) is 5.28. The summed E-state index contributed by atoms with van der Waals surface area (Å²) in [5.41, 5.74) is 0.974. The summed E-state index contributed by atoms with van der Waals surface area (Å²) in [5.74, 6) is -0.168.